The second-order valence-corrected chi connectivity index (χ2v) is 2.14. The highest BCUT2D eigenvalue weighted by Gasteiger charge is 1.96. The Morgan fingerprint density at radius 3 is 2.54 bits per heavy atom. The first-order chi connectivity index (χ1) is 6.36. The van der Waals surface area contributed by atoms with Crippen molar-refractivity contribution >= 4 is 0 Å². The molecule has 0 N–H and O–H groups in total. The van der Waals surface area contributed by atoms with Gasteiger partial charge in [0.15, 0.2) is 0 Å². The van der Waals surface area contributed by atoms with Gasteiger partial charge < -0.3 is 4.74 Å². The van der Waals surface area contributed by atoms with Crippen molar-refractivity contribution in [3.05, 3.63) is 55.6 Å². The highest BCUT2D eigenvalue weighted by Crippen LogP contribution is 2.05. The van der Waals surface area contributed by atoms with E-state index in [4.69, 9.17) is 4.74 Å². The minimum Gasteiger partial charge on any atom is -0.424 e. The molecule has 1 rings (SSSR count). The Morgan fingerprint density at radius 2 is 2.00 bits per heavy atom. The number of ether oxygens (including phenoxy) is 1. The Kier molecular flexibility index (Phi) is 3.45. The van der Waals surface area contributed by atoms with E-state index < -0.39 is 0 Å². The molecule has 66 valence electrons. The standard InChI is InChI=1S/C10H10N2O/c1-3-6-9(4-2)13-10-11-7-5-8-12-10/h3-8H,1-2H2/b9-6+. The number of rotatable bonds is 4. The zero-order chi connectivity index (χ0) is 9.52. The van der Waals surface area contributed by atoms with Crippen LogP contribution in [0.1, 0.15) is 0 Å². The monoisotopic (exact) mass is 174 g/mol. The van der Waals surface area contributed by atoms with Gasteiger partial charge in [-0.15, -0.1) is 0 Å². The SMILES string of the molecule is C=C/C=C(\C=C)Oc1ncccn1. The molecule has 0 aromatic carbocycles. The molecule has 3 heteroatoms. The number of hydrogen-bond acceptors (Lipinski definition) is 3. The van der Waals surface area contributed by atoms with E-state index in [0.29, 0.717) is 11.8 Å². The number of aromatic nitrogens is 2. The molecular weight excluding hydrogens is 164 g/mol. The molecule has 1 aromatic heterocycles. The molecule has 0 saturated carbocycles. The summed E-state index contributed by atoms with van der Waals surface area (Å²) in [5.41, 5.74) is 0. The van der Waals surface area contributed by atoms with Crippen molar-refractivity contribution in [3.63, 3.8) is 0 Å². The van der Waals surface area contributed by atoms with Crippen LogP contribution in [-0.4, -0.2) is 9.97 Å². The van der Waals surface area contributed by atoms with E-state index in [1.807, 2.05) is 0 Å². The quantitative estimate of drug-likeness (QED) is 0.518. The summed E-state index contributed by atoms with van der Waals surface area (Å²) in [6.07, 6.45) is 8.08. The molecule has 0 fully saturated rings. The fourth-order valence-corrected chi connectivity index (χ4v) is 0.703. The van der Waals surface area contributed by atoms with Gasteiger partial charge in [0, 0.05) is 12.4 Å². The molecule has 1 heterocycles. The maximum Gasteiger partial charge on any atom is 0.321 e. The van der Waals surface area contributed by atoms with Gasteiger partial charge in [-0.1, -0.05) is 19.2 Å². The highest BCUT2D eigenvalue weighted by atomic mass is 16.5. The van der Waals surface area contributed by atoms with Gasteiger partial charge >= 0.3 is 6.01 Å². The summed E-state index contributed by atoms with van der Waals surface area (Å²) in [5.74, 6) is 0.571. The van der Waals surface area contributed by atoms with Gasteiger partial charge in [0.2, 0.25) is 0 Å². The van der Waals surface area contributed by atoms with Crippen LogP contribution < -0.4 is 4.74 Å². The molecule has 1 aromatic rings. The Hall–Kier alpha value is -1.90. The summed E-state index contributed by atoms with van der Waals surface area (Å²) in [4.78, 5) is 7.78. The van der Waals surface area contributed by atoms with Gasteiger partial charge in [0.1, 0.15) is 5.76 Å². The average Bonchev–Trinajstić information content (AvgIpc) is 2.19. The zero-order valence-corrected chi connectivity index (χ0v) is 7.18. The molecule has 13 heavy (non-hydrogen) atoms. The van der Waals surface area contributed by atoms with E-state index in [0.717, 1.165) is 0 Å². The summed E-state index contributed by atoms with van der Waals surface area (Å²) in [5, 5.41) is 0. The maximum atomic E-state index is 5.25. The van der Waals surface area contributed by atoms with Crippen molar-refractivity contribution < 1.29 is 4.74 Å². The number of allylic oxidation sites excluding steroid dienone is 3. The van der Waals surface area contributed by atoms with Crippen molar-refractivity contribution in [1.29, 1.82) is 0 Å². The Morgan fingerprint density at radius 1 is 1.31 bits per heavy atom. The van der Waals surface area contributed by atoms with Crippen LogP contribution >= 0.6 is 0 Å². The lowest BCUT2D eigenvalue weighted by atomic mass is 10.4. The molecule has 0 spiro atoms. The Bertz CT molecular complexity index is 317. The summed E-state index contributed by atoms with van der Waals surface area (Å²) >= 11 is 0. The molecule has 0 atom stereocenters. The van der Waals surface area contributed by atoms with Crippen LogP contribution in [0.5, 0.6) is 6.01 Å². The molecule has 0 aliphatic heterocycles. The number of nitrogens with zero attached hydrogens (tertiary/aromatic N) is 2. The predicted molar refractivity (Wildman–Crippen MR) is 51.1 cm³/mol. The van der Waals surface area contributed by atoms with Crippen molar-refractivity contribution in [2.75, 3.05) is 0 Å². The van der Waals surface area contributed by atoms with E-state index in [9.17, 15) is 0 Å². The van der Waals surface area contributed by atoms with Crippen molar-refractivity contribution in [3.8, 4) is 6.01 Å². The number of hydrogen-bond donors (Lipinski definition) is 0. The van der Waals surface area contributed by atoms with E-state index in [2.05, 4.69) is 23.1 Å². The van der Waals surface area contributed by atoms with Gasteiger partial charge in [-0.3, -0.25) is 0 Å². The largest absolute Gasteiger partial charge is 0.424 e. The van der Waals surface area contributed by atoms with Crippen molar-refractivity contribution in [2.24, 2.45) is 0 Å². The molecule has 0 aliphatic carbocycles. The van der Waals surface area contributed by atoms with Crippen LogP contribution in [0.25, 0.3) is 0 Å². The van der Waals surface area contributed by atoms with Crippen LogP contribution in [-0.2, 0) is 0 Å². The highest BCUT2D eigenvalue weighted by molar-refractivity contribution is 5.18. The minimum absolute atomic E-state index is 0.301. The molecule has 0 aliphatic rings. The summed E-state index contributed by atoms with van der Waals surface area (Å²) in [6, 6.07) is 2.02. The lowest BCUT2D eigenvalue weighted by molar-refractivity contribution is 0.408. The first-order valence-electron chi connectivity index (χ1n) is 3.77. The van der Waals surface area contributed by atoms with Crippen LogP contribution in [0.3, 0.4) is 0 Å². The maximum absolute atomic E-state index is 5.25. The van der Waals surface area contributed by atoms with Crippen LogP contribution in [0.4, 0.5) is 0 Å². The lowest BCUT2D eigenvalue weighted by Gasteiger charge is -2.01. The predicted octanol–water partition coefficient (Wildman–Crippen LogP) is 2.11. The van der Waals surface area contributed by atoms with Crippen molar-refractivity contribution in [1.82, 2.24) is 9.97 Å². The summed E-state index contributed by atoms with van der Waals surface area (Å²) < 4.78 is 5.25. The fraction of sp³-hybridized carbons (Fsp3) is 0. The van der Waals surface area contributed by atoms with Crippen LogP contribution in [0.2, 0.25) is 0 Å². The third kappa shape index (κ3) is 2.91. The van der Waals surface area contributed by atoms with Crippen LogP contribution in [0.15, 0.2) is 55.6 Å². The Balaban J connectivity index is 2.73. The fourth-order valence-electron chi connectivity index (χ4n) is 0.703. The molecule has 0 saturated heterocycles. The second kappa shape index (κ2) is 4.87. The normalized spacial score (nSPS) is 10.6. The third-order valence-corrected chi connectivity index (χ3v) is 1.23. The minimum atomic E-state index is 0.301. The van der Waals surface area contributed by atoms with Gasteiger partial charge in [-0.25, -0.2) is 9.97 Å². The van der Waals surface area contributed by atoms with E-state index >= 15 is 0 Å². The summed E-state index contributed by atoms with van der Waals surface area (Å²) in [6.45, 7) is 7.12. The molecular formula is C10H10N2O. The molecule has 0 unspecified atom stereocenters. The summed E-state index contributed by atoms with van der Waals surface area (Å²) in [7, 11) is 0. The van der Waals surface area contributed by atoms with Gasteiger partial charge in [-0.2, -0.15) is 0 Å². The smallest absolute Gasteiger partial charge is 0.321 e. The van der Waals surface area contributed by atoms with E-state index in [-0.39, 0.29) is 0 Å². The zero-order valence-electron chi connectivity index (χ0n) is 7.18. The van der Waals surface area contributed by atoms with Gasteiger partial charge in [0.05, 0.1) is 0 Å². The van der Waals surface area contributed by atoms with Crippen molar-refractivity contribution in [2.45, 2.75) is 0 Å². The first-order valence-corrected chi connectivity index (χ1v) is 3.77. The second-order valence-electron chi connectivity index (χ2n) is 2.14. The van der Waals surface area contributed by atoms with Gasteiger partial charge in [-0.05, 0) is 18.2 Å². The van der Waals surface area contributed by atoms with Gasteiger partial charge in [0.25, 0.3) is 0 Å². The molecule has 3 nitrogen and oxygen atoms in total. The van der Waals surface area contributed by atoms with E-state index in [1.54, 1.807) is 36.7 Å². The average molecular weight is 174 g/mol. The Labute approximate surface area is 77.1 Å². The molecule has 0 amide bonds. The van der Waals surface area contributed by atoms with Crippen LogP contribution in [0, 0.1) is 0 Å². The third-order valence-electron chi connectivity index (χ3n) is 1.23. The molecule has 0 bridgehead atoms. The molecule has 0 radical (unpaired) electrons. The van der Waals surface area contributed by atoms with E-state index in [1.165, 1.54) is 0 Å². The lowest BCUT2D eigenvalue weighted by Crippen LogP contribution is -1.95. The topological polar surface area (TPSA) is 35.0 Å². The first kappa shape index (κ1) is 9.19.